The van der Waals surface area contributed by atoms with E-state index >= 15 is 0 Å². The van der Waals surface area contributed by atoms with E-state index in [4.69, 9.17) is 9.47 Å². The molecule has 1 rings (SSSR count). The van der Waals surface area contributed by atoms with Crippen molar-refractivity contribution in [2.75, 3.05) is 20.3 Å². The van der Waals surface area contributed by atoms with Crippen molar-refractivity contribution < 1.29 is 9.47 Å². The lowest BCUT2D eigenvalue weighted by molar-refractivity contribution is 0.256. The predicted molar refractivity (Wildman–Crippen MR) is 93.8 cm³/mol. The van der Waals surface area contributed by atoms with Crippen LogP contribution in [0.25, 0.3) is 0 Å². The van der Waals surface area contributed by atoms with Crippen LogP contribution in [0.2, 0.25) is 0 Å². The van der Waals surface area contributed by atoms with E-state index in [0.29, 0.717) is 12.5 Å². The predicted octanol–water partition coefficient (Wildman–Crippen LogP) is 4.79. The molecule has 0 unspecified atom stereocenters. The van der Waals surface area contributed by atoms with Crippen molar-refractivity contribution in [3.05, 3.63) is 23.8 Å². The van der Waals surface area contributed by atoms with Gasteiger partial charge in [-0.1, -0.05) is 52.5 Å². The Kier molecular flexibility index (Phi) is 9.72. The molecule has 0 aliphatic heterocycles. The third kappa shape index (κ3) is 7.69. The van der Waals surface area contributed by atoms with Crippen LogP contribution in [0.5, 0.6) is 11.5 Å². The summed E-state index contributed by atoms with van der Waals surface area (Å²) in [6, 6.07) is 6.20. The van der Waals surface area contributed by atoms with Crippen molar-refractivity contribution in [1.29, 1.82) is 0 Å². The van der Waals surface area contributed by atoms with Crippen molar-refractivity contribution >= 4 is 0 Å². The van der Waals surface area contributed by atoms with Gasteiger partial charge < -0.3 is 14.8 Å². The average Bonchev–Trinajstić information content (AvgIpc) is 2.52. The second-order valence-electron chi connectivity index (χ2n) is 6.28. The number of hydrogen-bond acceptors (Lipinski definition) is 3. The Balaban J connectivity index is 2.35. The first kappa shape index (κ1) is 18.8. The Bertz CT molecular complexity index is 404. The topological polar surface area (TPSA) is 30.5 Å². The van der Waals surface area contributed by atoms with Gasteiger partial charge in [-0.2, -0.15) is 0 Å². The first-order valence-electron chi connectivity index (χ1n) is 8.67. The first-order valence-corrected chi connectivity index (χ1v) is 8.67. The molecule has 0 fully saturated rings. The molecule has 1 N–H and O–H groups in total. The molecule has 22 heavy (non-hydrogen) atoms. The largest absolute Gasteiger partial charge is 0.493 e. The third-order valence-electron chi connectivity index (χ3n) is 3.59. The number of hydrogen-bond donors (Lipinski definition) is 1. The first-order chi connectivity index (χ1) is 10.7. The fourth-order valence-corrected chi connectivity index (χ4v) is 2.28. The molecule has 1 aromatic carbocycles. The van der Waals surface area contributed by atoms with E-state index in [1.807, 2.05) is 6.07 Å². The Morgan fingerprint density at radius 1 is 1.05 bits per heavy atom. The van der Waals surface area contributed by atoms with E-state index in [1.165, 1.54) is 37.7 Å². The number of rotatable bonds is 12. The summed E-state index contributed by atoms with van der Waals surface area (Å²) >= 11 is 0. The molecule has 0 atom stereocenters. The summed E-state index contributed by atoms with van der Waals surface area (Å²) in [6.07, 6.45) is 6.60. The molecule has 0 aliphatic rings. The highest BCUT2D eigenvalue weighted by Gasteiger charge is 2.06. The molecule has 1 aromatic rings. The maximum absolute atomic E-state index is 5.78. The van der Waals surface area contributed by atoms with Gasteiger partial charge in [-0.3, -0.25) is 0 Å². The Morgan fingerprint density at radius 2 is 1.82 bits per heavy atom. The summed E-state index contributed by atoms with van der Waals surface area (Å²) in [6.45, 7) is 9.22. The highest BCUT2D eigenvalue weighted by Crippen LogP contribution is 2.28. The van der Waals surface area contributed by atoms with Crippen LogP contribution in [0.4, 0.5) is 0 Å². The minimum atomic E-state index is 0.513. The molecule has 3 heteroatoms. The fraction of sp³-hybridized carbons (Fsp3) is 0.684. The van der Waals surface area contributed by atoms with Gasteiger partial charge in [-0.05, 0) is 36.6 Å². The molecule has 0 aliphatic carbocycles. The van der Waals surface area contributed by atoms with Crippen molar-refractivity contribution in [2.45, 2.75) is 59.4 Å². The number of ether oxygens (including phenoxy) is 2. The van der Waals surface area contributed by atoms with Crippen LogP contribution in [0.1, 0.15) is 58.4 Å². The van der Waals surface area contributed by atoms with Gasteiger partial charge in [0, 0.05) is 6.54 Å². The van der Waals surface area contributed by atoms with Gasteiger partial charge in [0.15, 0.2) is 11.5 Å². The lowest BCUT2D eigenvalue weighted by atomic mass is 10.1. The number of benzene rings is 1. The van der Waals surface area contributed by atoms with Crippen molar-refractivity contribution in [1.82, 2.24) is 5.32 Å². The maximum atomic E-state index is 5.78. The molecule has 0 aromatic heterocycles. The number of methoxy groups -OCH3 is 1. The molecule has 3 nitrogen and oxygen atoms in total. The van der Waals surface area contributed by atoms with Gasteiger partial charge in [0.25, 0.3) is 0 Å². The molecule has 0 heterocycles. The second kappa shape index (κ2) is 11.4. The fourth-order valence-electron chi connectivity index (χ4n) is 2.28. The van der Waals surface area contributed by atoms with Gasteiger partial charge in [-0.15, -0.1) is 0 Å². The third-order valence-corrected chi connectivity index (χ3v) is 3.59. The molecular formula is C19H33NO2. The average molecular weight is 307 g/mol. The van der Waals surface area contributed by atoms with E-state index in [9.17, 15) is 0 Å². The van der Waals surface area contributed by atoms with Crippen LogP contribution in [-0.2, 0) is 6.54 Å². The Labute approximate surface area is 136 Å². The zero-order valence-electron chi connectivity index (χ0n) is 14.8. The van der Waals surface area contributed by atoms with Crippen LogP contribution in [-0.4, -0.2) is 20.3 Å². The monoisotopic (exact) mass is 307 g/mol. The molecule has 0 saturated heterocycles. The summed E-state index contributed by atoms with van der Waals surface area (Å²) in [5.74, 6) is 2.17. The molecular weight excluding hydrogens is 274 g/mol. The molecule has 0 bridgehead atoms. The SMILES string of the molecule is CCCCCCCNCc1ccc(OCC(C)C)c(OC)c1. The van der Waals surface area contributed by atoms with E-state index in [-0.39, 0.29) is 0 Å². The lowest BCUT2D eigenvalue weighted by Gasteiger charge is -2.14. The molecule has 0 amide bonds. The van der Waals surface area contributed by atoms with Gasteiger partial charge in [0.05, 0.1) is 13.7 Å². The van der Waals surface area contributed by atoms with Crippen molar-refractivity contribution in [3.63, 3.8) is 0 Å². The van der Waals surface area contributed by atoms with E-state index in [2.05, 4.69) is 38.2 Å². The van der Waals surface area contributed by atoms with Crippen LogP contribution >= 0.6 is 0 Å². The summed E-state index contributed by atoms with van der Waals surface area (Å²) in [5.41, 5.74) is 1.24. The van der Waals surface area contributed by atoms with Crippen LogP contribution in [0, 0.1) is 5.92 Å². The van der Waals surface area contributed by atoms with Crippen molar-refractivity contribution in [2.24, 2.45) is 5.92 Å². The smallest absolute Gasteiger partial charge is 0.161 e. The Morgan fingerprint density at radius 3 is 2.50 bits per heavy atom. The van der Waals surface area contributed by atoms with Gasteiger partial charge >= 0.3 is 0 Å². The van der Waals surface area contributed by atoms with E-state index in [0.717, 1.165) is 24.6 Å². The normalized spacial score (nSPS) is 11.0. The second-order valence-corrected chi connectivity index (χ2v) is 6.28. The minimum Gasteiger partial charge on any atom is -0.493 e. The van der Waals surface area contributed by atoms with Crippen molar-refractivity contribution in [3.8, 4) is 11.5 Å². The zero-order chi connectivity index (χ0) is 16.2. The highest BCUT2D eigenvalue weighted by molar-refractivity contribution is 5.42. The Hall–Kier alpha value is -1.22. The molecule has 0 saturated carbocycles. The summed E-state index contributed by atoms with van der Waals surface area (Å²) in [7, 11) is 1.70. The molecule has 0 spiro atoms. The van der Waals surface area contributed by atoms with Crippen LogP contribution < -0.4 is 14.8 Å². The molecule has 126 valence electrons. The summed E-state index contributed by atoms with van der Waals surface area (Å²) < 4.78 is 11.2. The molecule has 0 radical (unpaired) electrons. The summed E-state index contributed by atoms with van der Waals surface area (Å²) in [5, 5.41) is 3.50. The zero-order valence-corrected chi connectivity index (χ0v) is 14.8. The standard InChI is InChI=1S/C19H33NO2/c1-5-6-7-8-9-12-20-14-17-10-11-18(19(13-17)21-4)22-15-16(2)3/h10-11,13,16,20H,5-9,12,14-15H2,1-4H3. The van der Waals surface area contributed by atoms with Crippen LogP contribution in [0.15, 0.2) is 18.2 Å². The van der Waals surface area contributed by atoms with Gasteiger partial charge in [0.1, 0.15) is 0 Å². The number of nitrogens with one attached hydrogen (secondary N) is 1. The maximum Gasteiger partial charge on any atom is 0.161 e. The van der Waals surface area contributed by atoms with Gasteiger partial charge in [-0.25, -0.2) is 0 Å². The van der Waals surface area contributed by atoms with Crippen LogP contribution in [0.3, 0.4) is 0 Å². The summed E-state index contributed by atoms with van der Waals surface area (Å²) in [4.78, 5) is 0. The quantitative estimate of drug-likeness (QED) is 0.563. The lowest BCUT2D eigenvalue weighted by Crippen LogP contribution is -2.14. The number of unbranched alkanes of at least 4 members (excludes halogenated alkanes) is 4. The van der Waals surface area contributed by atoms with E-state index in [1.54, 1.807) is 7.11 Å². The minimum absolute atomic E-state index is 0.513. The van der Waals surface area contributed by atoms with Gasteiger partial charge in [0.2, 0.25) is 0 Å². The highest BCUT2D eigenvalue weighted by atomic mass is 16.5. The van der Waals surface area contributed by atoms with E-state index < -0.39 is 0 Å².